The lowest BCUT2D eigenvalue weighted by molar-refractivity contribution is -0.135. The van der Waals surface area contributed by atoms with E-state index in [1.807, 2.05) is 18.2 Å². The van der Waals surface area contributed by atoms with E-state index in [9.17, 15) is 4.79 Å². The van der Waals surface area contributed by atoms with Crippen LogP contribution in [0.5, 0.6) is 11.5 Å². The number of piperazine rings is 1. The molecule has 1 saturated heterocycles. The van der Waals surface area contributed by atoms with Crippen LogP contribution in [0.3, 0.4) is 0 Å². The summed E-state index contributed by atoms with van der Waals surface area (Å²) in [6.45, 7) is 8.08. The maximum atomic E-state index is 13.1. The van der Waals surface area contributed by atoms with Gasteiger partial charge in [-0.05, 0) is 37.1 Å². The number of likely N-dealkylation sites (N-methyl/N-ethyl adjacent to an activating group) is 1. The molecule has 0 N–H and O–H groups in total. The van der Waals surface area contributed by atoms with Crippen LogP contribution in [-0.2, 0) is 10.2 Å². The Balaban J connectivity index is 1.53. The minimum Gasteiger partial charge on any atom is -0.486 e. The number of rotatable bonds is 3. The third-order valence-electron chi connectivity index (χ3n) is 5.36. The monoisotopic (exact) mass is 316 g/mol. The van der Waals surface area contributed by atoms with Crippen molar-refractivity contribution in [1.29, 1.82) is 0 Å². The summed E-state index contributed by atoms with van der Waals surface area (Å²) in [4.78, 5) is 17.5. The fourth-order valence-corrected chi connectivity index (χ4v) is 3.66. The molecule has 4 rings (SSSR count). The minimum atomic E-state index is -0.315. The zero-order chi connectivity index (χ0) is 15.9. The molecule has 2 aliphatic heterocycles. The first-order chi connectivity index (χ1) is 11.2. The Morgan fingerprint density at radius 1 is 1.09 bits per heavy atom. The number of ether oxygens (including phenoxy) is 2. The van der Waals surface area contributed by atoms with Gasteiger partial charge in [-0.15, -0.1) is 0 Å². The van der Waals surface area contributed by atoms with Crippen LogP contribution < -0.4 is 9.47 Å². The molecule has 0 atom stereocenters. The molecule has 1 saturated carbocycles. The van der Waals surface area contributed by atoms with Crippen molar-refractivity contribution < 1.29 is 14.3 Å². The van der Waals surface area contributed by atoms with Crippen LogP contribution in [0, 0.1) is 0 Å². The number of fused-ring (bicyclic) bond motifs is 1. The maximum absolute atomic E-state index is 13.1. The number of benzene rings is 1. The molecule has 1 aliphatic carbocycles. The van der Waals surface area contributed by atoms with Crippen LogP contribution in [0.15, 0.2) is 18.2 Å². The normalized spacial score (nSPS) is 22.7. The number of nitrogens with zero attached hydrogens (tertiary/aromatic N) is 2. The van der Waals surface area contributed by atoms with Crippen molar-refractivity contribution in [1.82, 2.24) is 9.80 Å². The molecular weight excluding hydrogens is 292 g/mol. The summed E-state index contributed by atoms with van der Waals surface area (Å²) in [5, 5.41) is 0. The van der Waals surface area contributed by atoms with Gasteiger partial charge in [0.05, 0.1) is 5.41 Å². The lowest BCUT2D eigenvalue weighted by Gasteiger charge is -2.36. The van der Waals surface area contributed by atoms with E-state index in [1.54, 1.807) is 0 Å². The first-order valence-electron chi connectivity index (χ1n) is 8.65. The van der Waals surface area contributed by atoms with E-state index in [0.29, 0.717) is 19.1 Å². The van der Waals surface area contributed by atoms with Gasteiger partial charge < -0.3 is 19.3 Å². The highest BCUT2D eigenvalue weighted by Crippen LogP contribution is 2.51. The molecule has 0 aromatic heterocycles. The van der Waals surface area contributed by atoms with Crippen LogP contribution in [-0.4, -0.2) is 61.6 Å². The van der Waals surface area contributed by atoms with E-state index in [-0.39, 0.29) is 5.41 Å². The van der Waals surface area contributed by atoms with Crippen molar-refractivity contribution in [3.8, 4) is 11.5 Å². The van der Waals surface area contributed by atoms with Crippen molar-refractivity contribution in [2.24, 2.45) is 0 Å². The van der Waals surface area contributed by atoms with Gasteiger partial charge in [-0.25, -0.2) is 0 Å². The van der Waals surface area contributed by atoms with Crippen molar-refractivity contribution in [2.75, 3.05) is 45.9 Å². The molecule has 5 heteroatoms. The van der Waals surface area contributed by atoms with Gasteiger partial charge in [0.2, 0.25) is 5.91 Å². The summed E-state index contributed by atoms with van der Waals surface area (Å²) >= 11 is 0. The Morgan fingerprint density at radius 2 is 1.78 bits per heavy atom. The fourth-order valence-electron chi connectivity index (χ4n) is 3.66. The first kappa shape index (κ1) is 14.8. The minimum absolute atomic E-state index is 0.296. The molecule has 124 valence electrons. The van der Waals surface area contributed by atoms with Gasteiger partial charge in [-0.2, -0.15) is 0 Å². The summed E-state index contributed by atoms with van der Waals surface area (Å²) < 4.78 is 11.3. The summed E-state index contributed by atoms with van der Waals surface area (Å²) in [5.41, 5.74) is 0.772. The summed E-state index contributed by atoms with van der Waals surface area (Å²) in [6, 6.07) is 6.01. The van der Waals surface area contributed by atoms with Gasteiger partial charge in [0.1, 0.15) is 13.2 Å². The van der Waals surface area contributed by atoms with Gasteiger partial charge in [-0.1, -0.05) is 13.0 Å². The smallest absolute Gasteiger partial charge is 0.233 e. The number of amides is 1. The molecule has 0 radical (unpaired) electrons. The predicted molar refractivity (Wildman–Crippen MR) is 87.0 cm³/mol. The summed E-state index contributed by atoms with van der Waals surface area (Å²) in [6.07, 6.45) is 1.89. The highest BCUT2D eigenvalue weighted by Gasteiger charge is 2.53. The van der Waals surface area contributed by atoms with Crippen molar-refractivity contribution in [3.05, 3.63) is 23.8 Å². The zero-order valence-corrected chi connectivity index (χ0v) is 13.7. The Bertz CT molecular complexity index is 604. The second kappa shape index (κ2) is 5.71. The van der Waals surface area contributed by atoms with Crippen LogP contribution in [0.25, 0.3) is 0 Å². The predicted octanol–water partition coefficient (Wildman–Crippen LogP) is 1.65. The quantitative estimate of drug-likeness (QED) is 0.850. The SMILES string of the molecule is CCN1CCN(C(=O)C2(c3ccc4c(c3)OCCO4)CC2)CC1. The molecule has 2 heterocycles. The highest BCUT2D eigenvalue weighted by molar-refractivity contribution is 5.91. The van der Waals surface area contributed by atoms with Gasteiger partial charge >= 0.3 is 0 Å². The molecule has 1 aromatic carbocycles. The standard InChI is InChI=1S/C18H24N2O3/c1-2-19-7-9-20(10-8-19)17(21)18(5-6-18)14-3-4-15-16(13-14)23-12-11-22-15/h3-4,13H,2,5-12H2,1H3. The Kier molecular flexibility index (Phi) is 3.68. The summed E-state index contributed by atoms with van der Waals surface area (Å²) in [7, 11) is 0. The third-order valence-corrected chi connectivity index (χ3v) is 5.36. The second-order valence-electron chi connectivity index (χ2n) is 6.67. The maximum Gasteiger partial charge on any atom is 0.233 e. The first-order valence-corrected chi connectivity index (χ1v) is 8.65. The van der Waals surface area contributed by atoms with Crippen molar-refractivity contribution >= 4 is 5.91 Å². The molecule has 3 aliphatic rings. The average Bonchev–Trinajstić information content (AvgIpc) is 3.43. The number of carbonyl (C=O) groups excluding carboxylic acids is 1. The second-order valence-corrected chi connectivity index (χ2v) is 6.67. The highest BCUT2D eigenvalue weighted by atomic mass is 16.6. The molecule has 0 bridgehead atoms. The van der Waals surface area contributed by atoms with Crippen molar-refractivity contribution in [2.45, 2.75) is 25.2 Å². The zero-order valence-electron chi connectivity index (χ0n) is 13.7. The van der Waals surface area contributed by atoms with Gasteiger partial charge in [-0.3, -0.25) is 4.79 Å². The van der Waals surface area contributed by atoms with E-state index >= 15 is 0 Å². The molecule has 5 nitrogen and oxygen atoms in total. The molecule has 23 heavy (non-hydrogen) atoms. The lowest BCUT2D eigenvalue weighted by atomic mass is 9.93. The number of hydrogen-bond acceptors (Lipinski definition) is 4. The molecule has 0 unspecified atom stereocenters. The van der Waals surface area contributed by atoms with Crippen LogP contribution in [0.1, 0.15) is 25.3 Å². The fraction of sp³-hybridized carbons (Fsp3) is 0.611. The van der Waals surface area contributed by atoms with Gasteiger partial charge in [0.25, 0.3) is 0 Å². The van der Waals surface area contributed by atoms with Crippen LogP contribution >= 0.6 is 0 Å². The van der Waals surface area contributed by atoms with E-state index in [1.165, 1.54) is 0 Å². The molecular formula is C18H24N2O3. The summed E-state index contributed by atoms with van der Waals surface area (Å²) in [5.74, 6) is 1.87. The number of carbonyl (C=O) groups is 1. The molecule has 2 fully saturated rings. The topological polar surface area (TPSA) is 42.0 Å². The Labute approximate surface area is 137 Å². The van der Waals surface area contributed by atoms with Crippen LogP contribution in [0.2, 0.25) is 0 Å². The lowest BCUT2D eigenvalue weighted by Crippen LogP contribution is -2.51. The van der Waals surface area contributed by atoms with Crippen LogP contribution in [0.4, 0.5) is 0 Å². The third kappa shape index (κ3) is 2.57. The van der Waals surface area contributed by atoms with Crippen molar-refractivity contribution in [3.63, 3.8) is 0 Å². The van der Waals surface area contributed by atoms with E-state index in [0.717, 1.165) is 62.6 Å². The number of hydrogen-bond donors (Lipinski definition) is 0. The van der Waals surface area contributed by atoms with Gasteiger partial charge in [0.15, 0.2) is 11.5 Å². The van der Waals surface area contributed by atoms with E-state index < -0.39 is 0 Å². The van der Waals surface area contributed by atoms with E-state index in [2.05, 4.69) is 16.7 Å². The largest absolute Gasteiger partial charge is 0.486 e. The molecule has 0 spiro atoms. The molecule has 1 amide bonds. The van der Waals surface area contributed by atoms with Gasteiger partial charge in [0, 0.05) is 26.2 Å². The average molecular weight is 316 g/mol. The molecule has 1 aromatic rings. The Hall–Kier alpha value is -1.75. The Morgan fingerprint density at radius 3 is 2.43 bits per heavy atom. The van der Waals surface area contributed by atoms with E-state index in [4.69, 9.17) is 9.47 Å².